The molecule has 1 aromatic rings. The van der Waals surface area contributed by atoms with Crippen molar-refractivity contribution < 1.29 is 0 Å². The van der Waals surface area contributed by atoms with Crippen LogP contribution in [0.2, 0.25) is 5.02 Å². The van der Waals surface area contributed by atoms with E-state index >= 15 is 0 Å². The number of rotatable bonds is 4. The van der Waals surface area contributed by atoms with Gasteiger partial charge in [0.25, 0.3) is 0 Å². The summed E-state index contributed by atoms with van der Waals surface area (Å²) in [6.07, 6.45) is 7.80. The number of piperazine rings is 1. The molecular formula is C19H25ClN2. The summed E-state index contributed by atoms with van der Waals surface area (Å²) in [5.41, 5.74) is 1.37. The first-order valence-corrected chi connectivity index (χ1v) is 9.01. The maximum atomic E-state index is 5.96. The third kappa shape index (κ3) is 3.24. The molecule has 2 fully saturated rings. The van der Waals surface area contributed by atoms with Gasteiger partial charge in [0.1, 0.15) is 0 Å². The SMILES string of the molecule is Clc1ccc(CN2CCN(C[C@H]3C[C@@H]4C=C[C@H]3C4)CC2)cc1. The minimum Gasteiger partial charge on any atom is -0.300 e. The number of benzene rings is 1. The highest BCUT2D eigenvalue weighted by molar-refractivity contribution is 6.30. The number of hydrogen-bond acceptors (Lipinski definition) is 2. The van der Waals surface area contributed by atoms with Gasteiger partial charge in [0, 0.05) is 44.3 Å². The largest absolute Gasteiger partial charge is 0.300 e. The first kappa shape index (κ1) is 14.7. The van der Waals surface area contributed by atoms with E-state index in [1.165, 1.54) is 51.1 Å². The maximum absolute atomic E-state index is 5.96. The Morgan fingerprint density at radius 3 is 2.27 bits per heavy atom. The molecule has 22 heavy (non-hydrogen) atoms. The maximum Gasteiger partial charge on any atom is 0.0406 e. The Labute approximate surface area is 138 Å². The van der Waals surface area contributed by atoms with Crippen molar-refractivity contribution in [2.24, 2.45) is 17.8 Å². The molecule has 1 heterocycles. The molecule has 0 N–H and O–H groups in total. The summed E-state index contributed by atoms with van der Waals surface area (Å²) >= 11 is 5.96. The highest BCUT2D eigenvalue weighted by atomic mass is 35.5. The van der Waals surface area contributed by atoms with Crippen LogP contribution in [0.25, 0.3) is 0 Å². The fourth-order valence-corrected chi connectivity index (χ4v) is 4.54. The third-order valence-electron chi connectivity index (χ3n) is 5.69. The molecule has 2 aliphatic carbocycles. The molecule has 3 atom stereocenters. The lowest BCUT2D eigenvalue weighted by molar-refractivity contribution is 0.108. The van der Waals surface area contributed by atoms with Gasteiger partial charge in [-0.1, -0.05) is 35.9 Å². The summed E-state index contributed by atoms with van der Waals surface area (Å²) in [7, 11) is 0. The smallest absolute Gasteiger partial charge is 0.0406 e. The van der Waals surface area contributed by atoms with Crippen molar-refractivity contribution in [3.63, 3.8) is 0 Å². The molecule has 0 spiro atoms. The van der Waals surface area contributed by atoms with Crippen molar-refractivity contribution in [1.82, 2.24) is 9.80 Å². The number of allylic oxidation sites excluding steroid dienone is 2. The zero-order valence-electron chi connectivity index (χ0n) is 13.1. The topological polar surface area (TPSA) is 6.48 Å². The summed E-state index contributed by atoms with van der Waals surface area (Å²) in [4.78, 5) is 5.26. The van der Waals surface area contributed by atoms with Crippen molar-refractivity contribution in [1.29, 1.82) is 0 Å². The molecule has 1 saturated heterocycles. The lowest BCUT2D eigenvalue weighted by Crippen LogP contribution is -2.47. The van der Waals surface area contributed by atoms with Crippen LogP contribution in [-0.2, 0) is 6.54 Å². The van der Waals surface area contributed by atoms with Crippen molar-refractivity contribution in [3.8, 4) is 0 Å². The molecule has 0 aromatic heterocycles. The lowest BCUT2D eigenvalue weighted by atomic mass is 9.93. The molecule has 118 valence electrons. The normalized spacial score (nSPS) is 32.0. The van der Waals surface area contributed by atoms with Crippen LogP contribution in [0, 0.1) is 17.8 Å². The fourth-order valence-electron chi connectivity index (χ4n) is 4.41. The van der Waals surface area contributed by atoms with Gasteiger partial charge in [-0.15, -0.1) is 0 Å². The molecule has 0 amide bonds. The molecule has 2 nitrogen and oxygen atoms in total. The van der Waals surface area contributed by atoms with Gasteiger partial charge in [0.15, 0.2) is 0 Å². The van der Waals surface area contributed by atoms with Gasteiger partial charge >= 0.3 is 0 Å². The number of nitrogens with zero attached hydrogens (tertiary/aromatic N) is 2. The van der Waals surface area contributed by atoms with Gasteiger partial charge in [0.2, 0.25) is 0 Å². The third-order valence-corrected chi connectivity index (χ3v) is 5.95. The van der Waals surface area contributed by atoms with Gasteiger partial charge in [-0.3, -0.25) is 4.90 Å². The van der Waals surface area contributed by atoms with E-state index in [9.17, 15) is 0 Å². The Morgan fingerprint density at radius 1 is 0.909 bits per heavy atom. The van der Waals surface area contributed by atoms with Crippen molar-refractivity contribution in [3.05, 3.63) is 47.0 Å². The van der Waals surface area contributed by atoms with Crippen LogP contribution in [0.1, 0.15) is 18.4 Å². The summed E-state index contributed by atoms with van der Waals surface area (Å²) in [5.74, 6) is 2.72. The first-order chi connectivity index (χ1) is 10.8. The van der Waals surface area contributed by atoms with E-state index in [1.54, 1.807) is 0 Å². The van der Waals surface area contributed by atoms with E-state index in [1.807, 2.05) is 12.1 Å². The Hall–Kier alpha value is -0.830. The van der Waals surface area contributed by atoms with E-state index < -0.39 is 0 Å². The van der Waals surface area contributed by atoms with E-state index in [0.29, 0.717) is 0 Å². The van der Waals surface area contributed by atoms with Gasteiger partial charge in [-0.25, -0.2) is 0 Å². The highest BCUT2D eigenvalue weighted by Gasteiger charge is 2.36. The predicted molar refractivity (Wildman–Crippen MR) is 92.0 cm³/mol. The van der Waals surface area contributed by atoms with Crippen LogP contribution >= 0.6 is 11.6 Å². The van der Waals surface area contributed by atoms with E-state index in [-0.39, 0.29) is 0 Å². The quantitative estimate of drug-likeness (QED) is 0.782. The molecule has 3 heteroatoms. The average Bonchev–Trinajstić information content (AvgIpc) is 3.14. The van der Waals surface area contributed by atoms with E-state index in [4.69, 9.17) is 11.6 Å². The highest BCUT2D eigenvalue weighted by Crippen LogP contribution is 2.43. The molecular weight excluding hydrogens is 292 g/mol. The number of halogens is 1. The van der Waals surface area contributed by atoms with E-state index in [2.05, 4.69) is 34.1 Å². The molecule has 4 rings (SSSR count). The fraction of sp³-hybridized carbons (Fsp3) is 0.579. The Morgan fingerprint density at radius 2 is 1.64 bits per heavy atom. The summed E-state index contributed by atoms with van der Waals surface area (Å²) in [5, 5.41) is 0.827. The standard InChI is InChI=1S/C19H25ClN2/c20-19-5-2-15(3-6-19)13-21-7-9-22(10-8-21)14-18-12-16-1-4-17(18)11-16/h1-6,16-18H,7-14H2/t16-,17+,18-/m1/s1. The van der Waals surface area contributed by atoms with Crippen molar-refractivity contribution in [2.45, 2.75) is 19.4 Å². The summed E-state index contributed by atoms with van der Waals surface area (Å²) < 4.78 is 0. The van der Waals surface area contributed by atoms with Crippen LogP contribution < -0.4 is 0 Å². The second kappa shape index (κ2) is 6.35. The van der Waals surface area contributed by atoms with Crippen LogP contribution in [0.4, 0.5) is 0 Å². The molecule has 1 aromatic carbocycles. The number of hydrogen-bond donors (Lipinski definition) is 0. The Kier molecular flexibility index (Phi) is 4.25. The second-order valence-electron chi connectivity index (χ2n) is 7.24. The second-order valence-corrected chi connectivity index (χ2v) is 7.68. The molecule has 0 unspecified atom stereocenters. The average molecular weight is 317 g/mol. The predicted octanol–water partition coefficient (Wildman–Crippen LogP) is 3.67. The van der Waals surface area contributed by atoms with Gasteiger partial charge in [-0.05, 0) is 48.3 Å². The molecule has 2 bridgehead atoms. The molecule has 0 radical (unpaired) electrons. The monoisotopic (exact) mass is 316 g/mol. The van der Waals surface area contributed by atoms with Gasteiger partial charge in [-0.2, -0.15) is 0 Å². The van der Waals surface area contributed by atoms with Crippen LogP contribution in [-0.4, -0.2) is 42.5 Å². The molecule has 1 aliphatic heterocycles. The lowest BCUT2D eigenvalue weighted by Gasteiger charge is -2.37. The van der Waals surface area contributed by atoms with Crippen LogP contribution in [0.3, 0.4) is 0 Å². The Balaban J connectivity index is 1.24. The van der Waals surface area contributed by atoms with Crippen molar-refractivity contribution in [2.75, 3.05) is 32.7 Å². The van der Waals surface area contributed by atoms with Crippen LogP contribution in [0.5, 0.6) is 0 Å². The van der Waals surface area contributed by atoms with Gasteiger partial charge in [0.05, 0.1) is 0 Å². The van der Waals surface area contributed by atoms with Crippen molar-refractivity contribution >= 4 is 11.6 Å². The first-order valence-electron chi connectivity index (χ1n) is 8.64. The van der Waals surface area contributed by atoms with E-state index in [0.717, 1.165) is 29.3 Å². The summed E-state index contributed by atoms with van der Waals surface area (Å²) in [6, 6.07) is 8.29. The minimum absolute atomic E-state index is 0.827. The zero-order valence-corrected chi connectivity index (χ0v) is 13.9. The molecule has 3 aliphatic rings. The summed E-state index contributed by atoms with van der Waals surface area (Å²) in [6.45, 7) is 7.22. The van der Waals surface area contributed by atoms with Crippen LogP contribution in [0.15, 0.2) is 36.4 Å². The van der Waals surface area contributed by atoms with Gasteiger partial charge < -0.3 is 4.90 Å². The Bertz CT molecular complexity index is 531. The zero-order chi connectivity index (χ0) is 14.9. The minimum atomic E-state index is 0.827. The number of fused-ring (bicyclic) bond motifs is 2. The molecule has 1 saturated carbocycles.